The molecule has 0 unspecified atom stereocenters. The molecule has 3 bridgehead atoms. The van der Waals surface area contributed by atoms with Gasteiger partial charge in [-0.15, -0.1) is 0 Å². The average Bonchev–Trinajstić information content (AvgIpc) is 3.00. The van der Waals surface area contributed by atoms with E-state index in [-0.39, 0.29) is 44.3 Å². The van der Waals surface area contributed by atoms with Crippen molar-refractivity contribution < 1.29 is 13.6 Å². The van der Waals surface area contributed by atoms with Crippen LogP contribution < -0.4 is 0 Å². The highest BCUT2D eigenvalue weighted by molar-refractivity contribution is 6.74. The molecule has 0 radical (unpaired) electrons. The minimum atomic E-state index is -2.12. The summed E-state index contributed by atoms with van der Waals surface area (Å²) in [6.45, 7) is 30.8. The van der Waals surface area contributed by atoms with Crippen molar-refractivity contribution in [3.63, 3.8) is 0 Å². The third-order valence-corrected chi connectivity index (χ3v) is 21.1. The standard InChI is InChI=1S/C30H54O3Si2/c1-26(2,3)34(10,11)32-24-15-14-16-29(9)21(24)18-22-25(31)23-17-20(28(22,7)8)19-30(23,29)33-35(12,13)27(4,5)6/h15,20-23H,14,16-19H2,1-13H3/t20-,21+,22+,23-,29+,30-/m0/s1. The van der Waals surface area contributed by atoms with Crippen LogP contribution in [0.3, 0.4) is 0 Å². The molecule has 0 spiro atoms. The van der Waals surface area contributed by atoms with Crippen LogP contribution in [0.4, 0.5) is 0 Å². The fourth-order valence-electron chi connectivity index (χ4n) is 7.59. The van der Waals surface area contributed by atoms with Crippen LogP contribution in [0.25, 0.3) is 0 Å². The summed E-state index contributed by atoms with van der Waals surface area (Å²) >= 11 is 0. The molecule has 0 aromatic heterocycles. The summed E-state index contributed by atoms with van der Waals surface area (Å²) in [5.41, 5.74) is -0.427. The first-order chi connectivity index (χ1) is 15.6. The van der Waals surface area contributed by atoms with Crippen LogP contribution in [0.2, 0.25) is 36.3 Å². The molecule has 4 rings (SSSR count). The third kappa shape index (κ3) is 3.83. The van der Waals surface area contributed by atoms with E-state index in [0.29, 0.717) is 11.7 Å². The van der Waals surface area contributed by atoms with Crippen molar-refractivity contribution in [2.45, 2.75) is 136 Å². The zero-order chi connectivity index (χ0) is 26.6. The van der Waals surface area contributed by atoms with Gasteiger partial charge in [-0.2, -0.15) is 0 Å². The Morgan fingerprint density at radius 1 is 0.857 bits per heavy atom. The summed E-state index contributed by atoms with van der Waals surface area (Å²) < 4.78 is 14.8. The number of hydrogen-bond donors (Lipinski definition) is 0. The Morgan fingerprint density at radius 2 is 1.43 bits per heavy atom. The van der Waals surface area contributed by atoms with Gasteiger partial charge in [0.25, 0.3) is 0 Å². The first-order valence-corrected chi connectivity index (χ1v) is 20.1. The van der Waals surface area contributed by atoms with Gasteiger partial charge in [0, 0.05) is 23.2 Å². The summed E-state index contributed by atoms with van der Waals surface area (Å²) in [5.74, 6) is 2.67. The minimum absolute atomic E-state index is 0.0208. The summed E-state index contributed by atoms with van der Waals surface area (Å²) in [6, 6.07) is 0. The van der Waals surface area contributed by atoms with Gasteiger partial charge in [-0.1, -0.05) is 62.3 Å². The van der Waals surface area contributed by atoms with E-state index in [2.05, 4.69) is 94.6 Å². The molecular formula is C30H54O3Si2. The van der Waals surface area contributed by atoms with Gasteiger partial charge in [0.05, 0.1) is 11.4 Å². The quantitative estimate of drug-likeness (QED) is 0.349. The predicted octanol–water partition coefficient (Wildman–Crippen LogP) is 8.72. The van der Waals surface area contributed by atoms with Crippen molar-refractivity contribution in [3.05, 3.63) is 11.8 Å². The van der Waals surface area contributed by atoms with Crippen LogP contribution in [0.5, 0.6) is 0 Å². The van der Waals surface area contributed by atoms with Crippen molar-refractivity contribution in [1.82, 2.24) is 0 Å². The van der Waals surface area contributed by atoms with Crippen LogP contribution in [0.1, 0.15) is 94.4 Å². The van der Waals surface area contributed by atoms with Crippen LogP contribution in [-0.4, -0.2) is 28.0 Å². The fraction of sp³-hybridized carbons (Fsp3) is 0.900. The van der Waals surface area contributed by atoms with Crippen LogP contribution in [0, 0.1) is 34.5 Å². The van der Waals surface area contributed by atoms with Crippen molar-refractivity contribution in [2.24, 2.45) is 34.5 Å². The maximum atomic E-state index is 14.3. The van der Waals surface area contributed by atoms with Crippen LogP contribution in [0.15, 0.2) is 11.8 Å². The topological polar surface area (TPSA) is 35.5 Å². The lowest BCUT2D eigenvalue weighted by Crippen LogP contribution is -2.62. The molecule has 0 N–H and O–H groups in total. The minimum Gasteiger partial charge on any atom is -0.547 e. The maximum Gasteiger partial charge on any atom is 0.250 e. The molecule has 0 amide bonds. The number of ketones is 1. The number of allylic oxidation sites excluding steroid dienone is 2. The highest BCUT2D eigenvalue weighted by Gasteiger charge is 2.73. The number of carbonyl (C=O) groups excluding carboxylic acids is 1. The van der Waals surface area contributed by atoms with Gasteiger partial charge in [-0.05, 0) is 85.8 Å². The second-order valence-corrected chi connectivity index (χ2v) is 25.9. The molecule has 0 saturated heterocycles. The molecule has 3 nitrogen and oxygen atoms in total. The Balaban J connectivity index is 1.89. The predicted molar refractivity (Wildman–Crippen MR) is 151 cm³/mol. The number of fused-ring (bicyclic) bond motifs is 4. The summed E-state index contributed by atoms with van der Waals surface area (Å²) in [5, 5.41) is 0.258. The second-order valence-electron chi connectivity index (χ2n) is 16.4. The van der Waals surface area contributed by atoms with E-state index >= 15 is 0 Å². The zero-order valence-corrected chi connectivity index (χ0v) is 27.1. The largest absolute Gasteiger partial charge is 0.547 e. The van der Waals surface area contributed by atoms with Gasteiger partial charge in [0.2, 0.25) is 8.32 Å². The molecule has 3 saturated carbocycles. The second kappa shape index (κ2) is 7.82. The number of rotatable bonds is 4. The van der Waals surface area contributed by atoms with Crippen LogP contribution in [-0.2, 0) is 13.6 Å². The van der Waals surface area contributed by atoms with Crippen molar-refractivity contribution >= 4 is 22.4 Å². The van der Waals surface area contributed by atoms with Crippen molar-refractivity contribution in [3.8, 4) is 0 Å². The van der Waals surface area contributed by atoms with E-state index in [9.17, 15) is 4.79 Å². The van der Waals surface area contributed by atoms with Gasteiger partial charge >= 0.3 is 0 Å². The van der Waals surface area contributed by atoms with E-state index in [4.69, 9.17) is 8.85 Å². The van der Waals surface area contributed by atoms with Gasteiger partial charge in [0.1, 0.15) is 5.78 Å². The Labute approximate surface area is 218 Å². The molecule has 0 aliphatic heterocycles. The lowest BCUT2D eigenvalue weighted by atomic mass is 9.55. The Kier molecular flexibility index (Phi) is 6.17. The zero-order valence-electron chi connectivity index (χ0n) is 25.1. The van der Waals surface area contributed by atoms with E-state index < -0.39 is 16.6 Å². The normalized spacial score (nSPS) is 39.2. The molecule has 0 aromatic carbocycles. The highest BCUT2D eigenvalue weighted by Crippen LogP contribution is 2.72. The molecular weight excluding hydrogens is 464 g/mol. The maximum absolute atomic E-state index is 14.3. The Morgan fingerprint density at radius 3 is 1.97 bits per heavy atom. The van der Waals surface area contributed by atoms with Gasteiger partial charge in [-0.25, -0.2) is 0 Å². The Bertz CT molecular complexity index is 919. The molecule has 35 heavy (non-hydrogen) atoms. The average molecular weight is 519 g/mol. The smallest absolute Gasteiger partial charge is 0.250 e. The van der Waals surface area contributed by atoms with Gasteiger partial charge < -0.3 is 8.85 Å². The Hall–Kier alpha value is -0.396. The van der Waals surface area contributed by atoms with Crippen molar-refractivity contribution in [2.75, 3.05) is 0 Å². The first kappa shape index (κ1) is 27.6. The number of carbonyl (C=O) groups is 1. The van der Waals surface area contributed by atoms with E-state index in [1.54, 1.807) is 0 Å². The molecule has 5 heteroatoms. The molecule has 0 aromatic rings. The lowest BCUT2D eigenvalue weighted by molar-refractivity contribution is -0.144. The van der Waals surface area contributed by atoms with E-state index in [0.717, 1.165) is 32.1 Å². The number of hydrogen-bond acceptors (Lipinski definition) is 3. The van der Waals surface area contributed by atoms with E-state index in [1.807, 2.05) is 0 Å². The fourth-order valence-corrected chi connectivity index (χ4v) is 10.4. The summed E-state index contributed by atoms with van der Waals surface area (Å²) in [7, 11) is -4.12. The summed E-state index contributed by atoms with van der Waals surface area (Å²) in [6.07, 6.45) is 7.51. The number of Topliss-reactive ketones (excluding diaryl/α,β-unsaturated/α-hetero) is 1. The summed E-state index contributed by atoms with van der Waals surface area (Å²) in [4.78, 5) is 14.3. The molecule has 4 aliphatic carbocycles. The SMILES string of the molecule is CC1(C)[C@H]2C[C@H]3C(=O)[C@H]1C[C@@H]1C(O[Si](C)(C)C(C)(C)C)=CCC[C@@]1(C)[C@]3(O[Si](C)(C)C(C)(C)C)C2. The molecule has 0 heterocycles. The monoisotopic (exact) mass is 518 g/mol. The third-order valence-electron chi connectivity index (χ3n) is 12.3. The molecule has 4 aliphatic rings. The van der Waals surface area contributed by atoms with Gasteiger partial charge in [-0.3, -0.25) is 4.79 Å². The molecule has 200 valence electrons. The highest BCUT2D eigenvalue weighted by atomic mass is 28.4. The van der Waals surface area contributed by atoms with Crippen molar-refractivity contribution in [1.29, 1.82) is 0 Å². The lowest BCUT2D eigenvalue weighted by Gasteiger charge is -2.59. The van der Waals surface area contributed by atoms with E-state index in [1.165, 1.54) is 5.76 Å². The van der Waals surface area contributed by atoms with Crippen LogP contribution >= 0.6 is 0 Å². The molecule has 6 atom stereocenters. The first-order valence-electron chi connectivity index (χ1n) is 14.2. The van der Waals surface area contributed by atoms with Gasteiger partial charge in [0.15, 0.2) is 8.32 Å². The molecule has 3 fully saturated rings.